The minimum absolute atomic E-state index is 0.709. The molecule has 0 radical (unpaired) electrons. The number of benzene rings is 1. The Balaban J connectivity index is 1.85. The Labute approximate surface area is 118 Å². The van der Waals surface area contributed by atoms with Gasteiger partial charge in [0.15, 0.2) is 0 Å². The lowest BCUT2D eigenvalue weighted by Gasteiger charge is -2.37. The predicted molar refractivity (Wildman–Crippen MR) is 82.2 cm³/mol. The van der Waals surface area contributed by atoms with Gasteiger partial charge in [-0.25, -0.2) is 0 Å². The number of nitrogens with two attached hydrogens (primary N) is 1. The van der Waals surface area contributed by atoms with Gasteiger partial charge in [0.25, 0.3) is 0 Å². The number of hydrogen-bond acceptors (Lipinski definition) is 2. The van der Waals surface area contributed by atoms with Gasteiger partial charge in [-0.15, -0.1) is 0 Å². The molecular weight excluding hydrogens is 232 g/mol. The van der Waals surface area contributed by atoms with E-state index in [2.05, 4.69) is 42.2 Å². The van der Waals surface area contributed by atoms with Crippen LogP contribution < -0.4 is 5.73 Å². The van der Waals surface area contributed by atoms with Crippen molar-refractivity contribution < 1.29 is 0 Å². The molecule has 1 fully saturated rings. The second-order valence-corrected chi connectivity index (χ2v) is 5.81. The molecular formula is C17H28N2. The summed E-state index contributed by atoms with van der Waals surface area (Å²) >= 11 is 0. The fourth-order valence-corrected chi connectivity index (χ4v) is 3.26. The Morgan fingerprint density at radius 2 is 1.89 bits per heavy atom. The maximum atomic E-state index is 5.67. The van der Waals surface area contributed by atoms with Crippen LogP contribution in [0.4, 0.5) is 0 Å². The van der Waals surface area contributed by atoms with Gasteiger partial charge in [0.05, 0.1) is 0 Å². The average Bonchev–Trinajstić information content (AvgIpc) is 2.47. The largest absolute Gasteiger partial charge is 0.330 e. The third-order valence-corrected chi connectivity index (χ3v) is 4.53. The summed E-state index contributed by atoms with van der Waals surface area (Å²) in [5.41, 5.74) is 7.14. The van der Waals surface area contributed by atoms with Crippen LogP contribution in [0.15, 0.2) is 30.3 Å². The average molecular weight is 260 g/mol. The summed E-state index contributed by atoms with van der Waals surface area (Å²) in [4.78, 5) is 2.69. The third-order valence-electron chi connectivity index (χ3n) is 4.53. The lowest BCUT2D eigenvalue weighted by atomic mass is 9.91. The number of rotatable bonds is 6. The van der Waals surface area contributed by atoms with Gasteiger partial charge in [-0.2, -0.15) is 0 Å². The summed E-state index contributed by atoms with van der Waals surface area (Å²) in [7, 11) is 0. The molecule has 1 aliphatic heterocycles. The van der Waals surface area contributed by atoms with Crippen LogP contribution in [0.1, 0.15) is 38.2 Å². The summed E-state index contributed by atoms with van der Waals surface area (Å²) in [6, 6.07) is 11.6. The van der Waals surface area contributed by atoms with E-state index in [-0.39, 0.29) is 0 Å². The zero-order chi connectivity index (χ0) is 13.5. The van der Waals surface area contributed by atoms with Crippen molar-refractivity contribution in [3.63, 3.8) is 0 Å². The van der Waals surface area contributed by atoms with Gasteiger partial charge in [-0.3, -0.25) is 0 Å². The fraction of sp³-hybridized carbons (Fsp3) is 0.647. The topological polar surface area (TPSA) is 29.3 Å². The Morgan fingerprint density at radius 1 is 1.21 bits per heavy atom. The Morgan fingerprint density at radius 3 is 2.47 bits per heavy atom. The van der Waals surface area contributed by atoms with Gasteiger partial charge in [0, 0.05) is 6.04 Å². The molecule has 0 bridgehead atoms. The highest BCUT2D eigenvalue weighted by Crippen LogP contribution is 2.23. The highest BCUT2D eigenvalue weighted by molar-refractivity contribution is 5.16. The van der Waals surface area contributed by atoms with Gasteiger partial charge >= 0.3 is 0 Å². The van der Waals surface area contributed by atoms with Crippen LogP contribution in [0.5, 0.6) is 0 Å². The molecule has 1 aromatic carbocycles. The van der Waals surface area contributed by atoms with Crippen LogP contribution in [0.3, 0.4) is 0 Å². The van der Waals surface area contributed by atoms with Crippen LogP contribution in [0, 0.1) is 5.92 Å². The van der Waals surface area contributed by atoms with Crippen molar-refractivity contribution in [2.45, 2.75) is 45.1 Å². The molecule has 0 saturated carbocycles. The van der Waals surface area contributed by atoms with Gasteiger partial charge in [-0.05, 0) is 63.2 Å². The molecule has 1 saturated heterocycles. The monoisotopic (exact) mass is 260 g/mol. The second-order valence-electron chi connectivity index (χ2n) is 5.81. The summed E-state index contributed by atoms with van der Waals surface area (Å²) in [6.07, 6.45) is 6.32. The van der Waals surface area contributed by atoms with E-state index in [9.17, 15) is 0 Å². The van der Waals surface area contributed by atoms with Crippen LogP contribution in [-0.2, 0) is 6.42 Å². The molecule has 1 aliphatic rings. The highest BCUT2D eigenvalue weighted by atomic mass is 15.2. The van der Waals surface area contributed by atoms with E-state index in [0.717, 1.165) is 12.5 Å². The van der Waals surface area contributed by atoms with Crippen molar-refractivity contribution in [2.24, 2.45) is 11.7 Å². The summed E-state index contributed by atoms with van der Waals surface area (Å²) in [5, 5.41) is 0. The SMILES string of the molecule is CCC(Cc1ccccc1)N1CCC(CCN)CC1. The van der Waals surface area contributed by atoms with Crippen LogP contribution >= 0.6 is 0 Å². The van der Waals surface area contributed by atoms with Crippen molar-refractivity contribution in [3.05, 3.63) is 35.9 Å². The minimum Gasteiger partial charge on any atom is -0.330 e. The highest BCUT2D eigenvalue weighted by Gasteiger charge is 2.23. The van der Waals surface area contributed by atoms with Gasteiger partial charge in [0.1, 0.15) is 0 Å². The first-order valence-electron chi connectivity index (χ1n) is 7.81. The molecule has 0 aromatic heterocycles. The molecule has 1 heterocycles. The maximum absolute atomic E-state index is 5.67. The van der Waals surface area contributed by atoms with Crippen LogP contribution in [-0.4, -0.2) is 30.6 Å². The molecule has 2 heteroatoms. The quantitative estimate of drug-likeness (QED) is 0.851. The lowest BCUT2D eigenvalue weighted by molar-refractivity contribution is 0.126. The number of nitrogens with zero attached hydrogens (tertiary/aromatic N) is 1. The summed E-state index contributed by atoms with van der Waals surface area (Å²) < 4.78 is 0. The zero-order valence-corrected chi connectivity index (χ0v) is 12.2. The molecule has 2 rings (SSSR count). The first-order chi connectivity index (χ1) is 9.33. The van der Waals surface area contributed by atoms with Crippen molar-refractivity contribution in [3.8, 4) is 0 Å². The van der Waals surface area contributed by atoms with E-state index in [0.29, 0.717) is 6.04 Å². The summed E-state index contributed by atoms with van der Waals surface area (Å²) in [6.45, 7) is 5.69. The molecule has 19 heavy (non-hydrogen) atoms. The Bertz CT molecular complexity index is 342. The Hall–Kier alpha value is -0.860. The summed E-state index contributed by atoms with van der Waals surface area (Å²) in [5.74, 6) is 0.871. The van der Waals surface area contributed by atoms with E-state index in [4.69, 9.17) is 5.73 Å². The second kappa shape index (κ2) is 7.66. The molecule has 106 valence electrons. The normalized spacial score (nSPS) is 19.5. The third kappa shape index (κ3) is 4.32. The zero-order valence-electron chi connectivity index (χ0n) is 12.2. The molecule has 0 amide bonds. The molecule has 1 unspecified atom stereocenters. The van der Waals surface area contributed by atoms with E-state index in [1.54, 1.807) is 0 Å². The minimum atomic E-state index is 0.709. The van der Waals surface area contributed by atoms with Gasteiger partial charge in [0.2, 0.25) is 0 Å². The van der Waals surface area contributed by atoms with Crippen molar-refractivity contribution in [1.29, 1.82) is 0 Å². The molecule has 1 atom stereocenters. The molecule has 0 aliphatic carbocycles. The van der Waals surface area contributed by atoms with E-state index < -0.39 is 0 Å². The number of piperidine rings is 1. The molecule has 2 nitrogen and oxygen atoms in total. The molecule has 2 N–H and O–H groups in total. The van der Waals surface area contributed by atoms with E-state index in [1.165, 1.54) is 50.8 Å². The van der Waals surface area contributed by atoms with Gasteiger partial charge < -0.3 is 10.6 Å². The first kappa shape index (κ1) is 14.5. The van der Waals surface area contributed by atoms with E-state index >= 15 is 0 Å². The standard InChI is InChI=1S/C17H28N2/c1-2-17(14-16-6-4-3-5-7-16)19-12-9-15(8-11-18)10-13-19/h3-7,15,17H,2,8-14,18H2,1H3. The molecule has 1 aromatic rings. The lowest BCUT2D eigenvalue weighted by Crippen LogP contribution is -2.42. The van der Waals surface area contributed by atoms with Crippen LogP contribution in [0.25, 0.3) is 0 Å². The number of hydrogen-bond donors (Lipinski definition) is 1. The smallest absolute Gasteiger partial charge is 0.0133 e. The number of likely N-dealkylation sites (tertiary alicyclic amines) is 1. The maximum Gasteiger partial charge on any atom is 0.0133 e. The Kier molecular flexibility index (Phi) is 5.87. The van der Waals surface area contributed by atoms with Crippen molar-refractivity contribution >= 4 is 0 Å². The van der Waals surface area contributed by atoms with Gasteiger partial charge in [-0.1, -0.05) is 37.3 Å². The van der Waals surface area contributed by atoms with E-state index in [1.807, 2.05) is 0 Å². The van der Waals surface area contributed by atoms with Crippen LogP contribution in [0.2, 0.25) is 0 Å². The molecule has 0 spiro atoms. The van der Waals surface area contributed by atoms with Crippen molar-refractivity contribution in [2.75, 3.05) is 19.6 Å². The fourth-order valence-electron chi connectivity index (χ4n) is 3.26. The first-order valence-corrected chi connectivity index (χ1v) is 7.81. The predicted octanol–water partition coefficient (Wildman–Crippen LogP) is 3.07. The van der Waals surface area contributed by atoms with Crippen molar-refractivity contribution in [1.82, 2.24) is 4.90 Å².